The third-order valence-electron chi connectivity index (χ3n) is 2.66. The molecule has 0 amide bonds. The minimum absolute atomic E-state index is 0. The topological polar surface area (TPSA) is 47.7 Å². The van der Waals surface area contributed by atoms with Gasteiger partial charge in [-0.2, -0.15) is 0 Å². The van der Waals surface area contributed by atoms with Gasteiger partial charge in [-0.1, -0.05) is 0 Å². The summed E-state index contributed by atoms with van der Waals surface area (Å²) in [6, 6.07) is 7.50. The first kappa shape index (κ1) is 14.1. The third kappa shape index (κ3) is 4.81. The lowest BCUT2D eigenvalue weighted by atomic mass is 10.3. The second-order valence-electron chi connectivity index (χ2n) is 3.87. The minimum Gasteiger partial charge on any atom is -0.492 e. The van der Waals surface area contributed by atoms with Crippen molar-refractivity contribution in [2.45, 2.75) is 0 Å². The summed E-state index contributed by atoms with van der Waals surface area (Å²) in [5.74, 6) is 0.877. The van der Waals surface area contributed by atoms with Crippen LogP contribution in [-0.4, -0.2) is 44.4 Å². The lowest BCUT2D eigenvalue weighted by Crippen LogP contribution is -2.38. The van der Waals surface area contributed by atoms with E-state index in [4.69, 9.17) is 15.2 Å². The Morgan fingerprint density at radius 1 is 1.18 bits per heavy atom. The van der Waals surface area contributed by atoms with Crippen molar-refractivity contribution in [2.75, 3.05) is 45.2 Å². The number of hydrogen-bond acceptors (Lipinski definition) is 4. The summed E-state index contributed by atoms with van der Waals surface area (Å²) in [6.45, 7) is 5.34. The molecule has 4 nitrogen and oxygen atoms in total. The van der Waals surface area contributed by atoms with Gasteiger partial charge in [-0.25, -0.2) is 0 Å². The molecule has 1 heterocycles. The van der Waals surface area contributed by atoms with Gasteiger partial charge < -0.3 is 15.2 Å². The molecule has 0 atom stereocenters. The number of nitrogens with zero attached hydrogens (tertiary/aromatic N) is 1. The third-order valence-corrected chi connectivity index (χ3v) is 2.66. The number of halogens is 1. The fourth-order valence-electron chi connectivity index (χ4n) is 1.68. The molecule has 0 radical (unpaired) electrons. The van der Waals surface area contributed by atoms with Crippen molar-refractivity contribution in [3.63, 3.8) is 0 Å². The molecular formula is C12H19ClN2O2. The maximum Gasteiger partial charge on any atom is 0.119 e. The van der Waals surface area contributed by atoms with E-state index < -0.39 is 0 Å². The zero-order valence-electron chi connectivity index (χ0n) is 9.80. The maximum atomic E-state index is 5.63. The van der Waals surface area contributed by atoms with Gasteiger partial charge in [-0.05, 0) is 24.3 Å². The van der Waals surface area contributed by atoms with Gasteiger partial charge in [0.15, 0.2) is 0 Å². The molecule has 2 rings (SSSR count). The number of rotatable bonds is 4. The minimum atomic E-state index is 0. The first-order chi connectivity index (χ1) is 7.84. The Morgan fingerprint density at radius 3 is 2.47 bits per heavy atom. The second kappa shape index (κ2) is 7.37. The molecule has 1 aromatic carbocycles. The van der Waals surface area contributed by atoms with Gasteiger partial charge in [0.1, 0.15) is 12.4 Å². The van der Waals surface area contributed by atoms with Gasteiger partial charge in [0.25, 0.3) is 0 Å². The van der Waals surface area contributed by atoms with Crippen LogP contribution in [0.15, 0.2) is 24.3 Å². The quantitative estimate of drug-likeness (QED) is 0.830. The molecule has 0 unspecified atom stereocenters. The molecule has 1 fully saturated rings. The highest BCUT2D eigenvalue weighted by molar-refractivity contribution is 5.85. The van der Waals surface area contributed by atoms with Crippen molar-refractivity contribution in [2.24, 2.45) is 0 Å². The number of benzene rings is 1. The maximum absolute atomic E-state index is 5.63. The molecule has 0 saturated carbocycles. The zero-order valence-corrected chi connectivity index (χ0v) is 10.6. The van der Waals surface area contributed by atoms with Gasteiger partial charge in [0.05, 0.1) is 13.2 Å². The molecule has 1 aliphatic rings. The van der Waals surface area contributed by atoms with Crippen molar-refractivity contribution in [3.8, 4) is 5.75 Å². The molecule has 5 heteroatoms. The van der Waals surface area contributed by atoms with Crippen LogP contribution in [0.5, 0.6) is 5.75 Å². The Hall–Kier alpha value is -0.970. The molecule has 0 spiro atoms. The van der Waals surface area contributed by atoms with Crippen molar-refractivity contribution in [1.29, 1.82) is 0 Å². The van der Waals surface area contributed by atoms with Crippen molar-refractivity contribution in [3.05, 3.63) is 24.3 Å². The van der Waals surface area contributed by atoms with E-state index >= 15 is 0 Å². The summed E-state index contributed by atoms with van der Waals surface area (Å²) in [4.78, 5) is 2.35. The number of anilines is 1. The summed E-state index contributed by atoms with van der Waals surface area (Å²) < 4.78 is 10.9. The monoisotopic (exact) mass is 258 g/mol. The predicted molar refractivity (Wildman–Crippen MR) is 70.9 cm³/mol. The summed E-state index contributed by atoms with van der Waals surface area (Å²) in [6.07, 6.45) is 0. The highest BCUT2D eigenvalue weighted by atomic mass is 35.5. The van der Waals surface area contributed by atoms with Crippen LogP contribution < -0.4 is 10.5 Å². The van der Waals surface area contributed by atoms with Crippen LogP contribution in [0, 0.1) is 0 Å². The number of morpholine rings is 1. The molecule has 0 aliphatic carbocycles. The molecule has 2 N–H and O–H groups in total. The highest BCUT2D eigenvalue weighted by Crippen LogP contribution is 2.12. The first-order valence-corrected chi connectivity index (χ1v) is 5.63. The summed E-state index contributed by atoms with van der Waals surface area (Å²) in [5, 5.41) is 0. The fourth-order valence-corrected chi connectivity index (χ4v) is 1.68. The molecule has 0 bridgehead atoms. The number of ether oxygens (including phenoxy) is 2. The predicted octanol–water partition coefficient (Wildman–Crippen LogP) is 1.40. The van der Waals surface area contributed by atoms with Gasteiger partial charge in [-0.15, -0.1) is 12.4 Å². The van der Waals surface area contributed by atoms with Crippen LogP contribution in [0.2, 0.25) is 0 Å². The average molecular weight is 259 g/mol. The smallest absolute Gasteiger partial charge is 0.119 e. The standard InChI is InChI=1S/C12H18N2O2.ClH/c13-11-1-3-12(4-2-11)16-10-7-14-5-8-15-9-6-14;/h1-4H,5-10,13H2;1H. The van der Waals surface area contributed by atoms with Crippen molar-refractivity contribution >= 4 is 18.1 Å². The van der Waals surface area contributed by atoms with E-state index in [1.54, 1.807) is 0 Å². The number of nitrogens with two attached hydrogens (primary N) is 1. The largest absolute Gasteiger partial charge is 0.492 e. The van der Waals surface area contributed by atoms with Crippen molar-refractivity contribution < 1.29 is 9.47 Å². The summed E-state index contributed by atoms with van der Waals surface area (Å²) in [5.41, 5.74) is 6.36. The molecule has 1 aliphatic heterocycles. The van der Waals surface area contributed by atoms with Crippen molar-refractivity contribution in [1.82, 2.24) is 4.90 Å². The second-order valence-corrected chi connectivity index (χ2v) is 3.87. The van der Waals surface area contributed by atoms with E-state index in [0.717, 1.165) is 44.3 Å². The molecular weight excluding hydrogens is 240 g/mol. The Labute approximate surface area is 108 Å². The zero-order chi connectivity index (χ0) is 11.2. The van der Waals surface area contributed by atoms with E-state index in [1.807, 2.05) is 24.3 Å². The van der Waals surface area contributed by atoms with E-state index in [-0.39, 0.29) is 12.4 Å². The van der Waals surface area contributed by atoms with Gasteiger partial charge in [0.2, 0.25) is 0 Å². The number of hydrogen-bond donors (Lipinski definition) is 1. The van der Waals surface area contributed by atoms with Crippen LogP contribution in [0.1, 0.15) is 0 Å². The first-order valence-electron chi connectivity index (χ1n) is 5.63. The van der Waals surface area contributed by atoms with Gasteiger partial charge in [0, 0.05) is 25.3 Å². The van der Waals surface area contributed by atoms with Crippen LogP contribution in [0.25, 0.3) is 0 Å². The normalized spacial score (nSPS) is 16.2. The van der Waals surface area contributed by atoms with Crippen LogP contribution >= 0.6 is 12.4 Å². The van der Waals surface area contributed by atoms with E-state index in [9.17, 15) is 0 Å². The molecule has 96 valence electrons. The van der Waals surface area contributed by atoms with Crippen LogP contribution in [0.4, 0.5) is 5.69 Å². The summed E-state index contributed by atoms with van der Waals surface area (Å²) >= 11 is 0. The molecule has 1 saturated heterocycles. The molecule has 17 heavy (non-hydrogen) atoms. The molecule has 0 aromatic heterocycles. The average Bonchev–Trinajstić information content (AvgIpc) is 2.33. The van der Waals surface area contributed by atoms with E-state index in [1.165, 1.54) is 0 Å². The van der Waals surface area contributed by atoms with E-state index in [0.29, 0.717) is 6.61 Å². The van der Waals surface area contributed by atoms with E-state index in [2.05, 4.69) is 4.90 Å². The Bertz CT molecular complexity index is 313. The van der Waals surface area contributed by atoms with Crippen LogP contribution in [-0.2, 0) is 4.74 Å². The van der Waals surface area contributed by atoms with Gasteiger partial charge in [-0.3, -0.25) is 4.90 Å². The summed E-state index contributed by atoms with van der Waals surface area (Å²) in [7, 11) is 0. The lowest BCUT2D eigenvalue weighted by Gasteiger charge is -2.26. The van der Waals surface area contributed by atoms with Crippen LogP contribution in [0.3, 0.4) is 0 Å². The Balaban J connectivity index is 0.00000144. The highest BCUT2D eigenvalue weighted by Gasteiger charge is 2.09. The molecule has 1 aromatic rings. The Morgan fingerprint density at radius 2 is 1.82 bits per heavy atom. The SMILES string of the molecule is Cl.Nc1ccc(OCCN2CCOCC2)cc1. The lowest BCUT2D eigenvalue weighted by molar-refractivity contribution is 0.0322. The van der Waals surface area contributed by atoms with Gasteiger partial charge >= 0.3 is 0 Å². The Kier molecular flexibility index (Phi) is 6.11. The number of nitrogen functional groups attached to an aromatic ring is 1. The fraction of sp³-hybridized carbons (Fsp3) is 0.500.